The number of aromatic nitrogens is 2. The molecule has 0 radical (unpaired) electrons. The average Bonchev–Trinajstić information content (AvgIpc) is 2.96. The summed E-state index contributed by atoms with van der Waals surface area (Å²) in [5.74, 6) is 1.85. The number of amides is 1. The molecule has 7 nitrogen and oxygen atoms in total. The minimum atomic E-state index is 0.0611. The summed E-state index contributed by atoms with van der Waals surface area (Å²) in [6, 6.07) is 0.280. The first-order valence-corrected chi connectivity index (χ1v) is 9.99. The van der Waals surface area contributed by atoms with E-state index in [0.29, 0.717) is 31.2 Å². The first-order chi connectivity index (χ1) is 12.7. The minimum Gasteiger partial charge on any atom is -0.463 e. The van der Waals surface area contributed by atoms with E-state index in [-0.39, 0.29) is 11.9 Å². The van der Waals surface area contributed by atoms with Gasteiger partial charge in [0.15, 0.2) is 0 Å². The summed E-state index contributed by atoms with van der Waals surface area (Å²) in [5.41, 5.74) is 6.78. The van der Waals surface area contributed by atoms with Gasteiger partial charge in [-0.2, -0.15) is 9.97 Å². The van der Waals surface area contributed by atoms with Gasteiger partial charge in [-0.1, -0.05) is 19.8 Å². The van der Waals surface area contributed by atoms with Crippen LogP contribution < -0.4 is 20.7 Å². The summed E-state index contributed by atoms with van der Waals surface area (Å²) in [5, 5.41) is 3.46. The molecule has 0 aromatic carbocycles. The molecule has 2 aliphatic rings. The summed E-state index contributed by atoms with van der Waals surface area (Å²) < 4.78 is 5.59. The second kappa shape index (κ2) is 9.16. The molecule has 26 heavy (non-hydrogen) atoms. The van der Waals surface area contributed by atoms with Gasteiger partial charge in [0.25, 0.3) is 0 Å². The molecule has 1 aromatic rings. The van der Waals surface area contributed by atoms with Gasteiger partial charge in [0.05, 0.1) is 13.0 Å². The van der Waals surface area contributed by atoms with E-state index in [2.05, 4.69) is 22.2 Å². The highest BCUT2D eigenvalue weighted by molar-refractivity contribution is 6.01. The Hall–Kier alpha value is -1.89. The predicted molar refractivity (Wildman–Crippen MR) is 102 cm³/mol. The molecule has 1 unspecified atom stereocenters. The van der Waals surface area contributed by atoms with E-state index < -0.39 is 0 Å². The number of hydrogen-bond donors (Lipinski definition) is 2. The molecule has 1 fully saturated rings. The predicted octanol–water partition coefficient (Wildman–Crippen LogP) is 2.30. The number of nitrogens with two attached hydrogens (primary N) is 1. The Balaban J connectivity index is 1.56. The van der Waals surface area contributed by atoms with Crippen molar-refractivity contribution in [3.05, 3.63) is 5.56 Å². The van der Waals surface area contributed by atoms with Gasteiger partial charge in [-0.05, 0) is 51.1 Å². The van der Waals surface area contributed by atoms with Gasteiger partial charge in [0, 0.05) is 12.1 Å². The molecular formula is C19H31N5O2. The maximum atomic E-state index is 12.4. The van der Waals surface area contributed by atoms with Gasteiger partial charge >= 0.3 is 6.01 Å². The van der Waals surface area contributed by atoms with Crippen LogP contribution in [0.15, 0.2) is 0 Å². The van der Waals surface area contributed by atoms with Crippen LogP contribution in [-0.2, 0) is 11.2 Å². The first kappa shape index (κ1) is 18.9. The number of nitrogens with zero attached hydrogens (tertiary/aromatic N) is 3. The van der Waals surface area contributed by atoms with Crippen LogP contribution in [0.2, 0.25) is 0 Å². The molecule has 7 heteroatoms. The third-order valence-electron chi connectivity index (χ3n) is 5.25. The van der Waals surface area contributed by atoms with Crippen LogP contribution >= 0.6 is 0 Å². The van der Waals surface area contributed by atoms with Crippen molar-refractivity contribution in [3.8, 4) is 6.01 Å². The van der Waals surface area contributed by atoms with Crippen LogP contribution in [-0.4, -0.2) is 42.1 Å². The number of rotatable bonds is 9. The van der Waals surface area contributed by atoms with E-state index in [4.69, 9.17) is 10.5 Å². The first-order valence-electron chi connectivity index (χ1n) is 9.99. The number of nitrogen functional groups attached to an aromatic ring is 1. The quantitative estimate of drug-likeness (QED) is 0.656. The number of ether oxygens (including phenoxy) is 1. The standard InChI is InChI=1S/C19H31N5O2/c1-2-3-11-26-19-22-17(20)15-12-16(25)24(18(15)23-19)10-5-4-7-14-8-6-9-21-13-14/h14,21H,2-13H2,1H3,(H2,20,22,23). The topological polar surface area (TPSA) is 93.4 Å². The molecule has 1 amide bonds. The number of carbonyl (C=O) groups excluding carboxylic acids is 1. The third-order valence-corrected chi connectivity index (χ3v) is 5.25. The van der Waals surface area contributed by atoms with Crippen molar-refractivity contribution in [2.24, 2.45) is 5.92 Å². The minimum absolute atomic E-state index is 0.0611. The number of hydrogen-bond acceptors (Lipinski definition) is 6. The summed E-state index contributed by atoms with van der Waals surface area (Å²) in [6.45, 7) is 5.65. The summed E-state index contributed by atoms with van der Waals surface area (Å²) in [4.78, 5) is 22.8. The van der Waals surface area contributed by atoms with Crippen molar-refractivity contribution in [1.29, 1.82) is 0 Å². The Morgan fingerprint density at radius 1 is 1.31 bits per heavy atom. The van der Waals surface area contributed by atoms with Crippen LogP contribution in [0.1, 0.15) is 57.4 Å². The van der Waals surface area contributed by atoms with Crippen LogP contribution in [0, 0.1) is 5.92 Å². The molecule has 3 rings (SSSR count). The number of unbranched alkanes of at least 4 members (excludes halogenated alkanes) is 2. The number of fused-ring (bicyclic) bond motifs is 1. The van der Waals surface area contributed by atoms with Crippen molar-refractivity contribution in [2.45, 2.75) is 58.3 Å². The highest BCUT2D eigenvalue weighted by atomic mass is 16.5. The van der Waals surface area contributed by atoms with Crippen molar-refractivity contribution in [2.75, 3.05) is 36.9 Å². The second-order valence-electron chi connectivity index (χ2n) is 7.33. The van der Waals surface area contributed by atoms with Crippen LogP contribution in [0.5, 0.6) is 6.01 Å². The Morgan fingerprint density at radius 2 is 2.19 bits per heavy atom. The zero-order valence-electron chi connectivity index (χ0n) is 15.8. The zero-order valence-corrected chi connectivity index (χ0v) is 15.8. The molecular weight excluding hydrogens is 330 g/mol. The summed E-state index contributed by atoms with van der Waals surface area (Å²) in [6.07, 6.45) is 8.21. The smallest absolute Gasteiger partial charge is 0.320 e. The van der Waals surface area contributed by atoms with Crippen LogP contribution in [0.4, 0.5) is 11.6 Å². The maximum Gasteiger partial charge on any atom is 0.320 e. The lowest BCUT2D eigenvalue weighted by Gasteiger charge is -2.23. The fourth-order valence-electron chi connectivity index (χ4n) is 3.70. The van der Waals surface area contributed by atoms with E-state index in [1.165, 1.54) is 19.3 Å². The van der Waals surface area contributed by atoms with Gasteiger partial charge in [-0.25, -0.2) is 0 Å². The molecule has 1 saturated heterocycles. The number of nitrogens with one attached hydrogen (secondary N) is 1. The van der Waals surface area contributed by atoms with Gasteiger partial charge in [0.1, 0.15) is 11.6 Å². The normalized spacial score (nSPS) is 19.7. The monoisotopic (exact) mass is 361 g/mol. The molecule has 2 aliphatic heterocycles. The van der Waals surface area contributed by atoms with Gasteiger partial charge < -0.3 is 15.8 Å². The fraction of sp³-hybridized carbons (Fsp3) is 0.737. The fourth-order valence-corrected chi connectivity index (χ4v) is 3.70. The Labute approximate surface area is 155 Å². The highest BCUT2D eigenvalue weighted by Crippen LogP contribution is 2.32. The Kier molecular flexibility index (Phi) is 6.66. The SMILES string of the molecule is CCCCOc1nc(N)c2c(n1)N(CCCCC1CCCNC1)C(=O)C2. The van der Waals surface area contributed by atoms with E-state index in [1.54, 1.807) is 4.90 Å². The van der Waals surface area contributed by atoms with Crippen molar-refractivity contribution >= 4 is 17.5 Å². The maximum absolute atomic E-state index is 12.4. The van der Waals surface area contributed by atoms with Gasteiger partial charge in [0.2, 0.25) is 5.91 Å². The molecule has 0 spiro atoms. The lowest BCUT2D eigenvalue weighted by Crippen LogP contribution is -2.30. The van der Waals surface area contributed by atoms with Crippen LogP contribution in [0.3, 0.4) is 0 Å². The van der Waals surface area contributed by atoms with Gasteiger partial charge in [-0.15, -0.1) is 0 Å². The largest absolute Gasteiger partial charge is 0.463 e. The lowest BCUT2D eigenvalue weighted by molar-refractivity contribution is -0.117. The van der Waals surface area contributed by atoms with Gasteiger partial charge in [-0.3, -0.25) is 9.69 Å². The molecule has 0 saturated carbocycles. The Bertz CT molecular complexity index is 616. The molecule has 0 aliphatic carbocycles. The molecule has 1 atom stereocenters. The number of carbonyl (C=O) groups is 1. The second-order valence-corrected chi connectivity index (χ2v) is 7.33. The summed E-state index contributed by atoms with van der Waals surface area (Å²) in [7, 11) is 0. The van der Waals surface area contributed by atoms with Crippen molar-refractivity contribution in [1.82, 2.24) is 15.3 Å². The van der Waals surface area contributed by atoms with E-state index in [0.717, 1.165) is 50.3 Å². The number of anilines is 2. The third kappa shape index (κ3) is 4.63. The summed E-state index contributed by atoms with van der Waals surface area (Å²) >= 11 is 0. The molecule has 144 valence electrons. The van der Waals surface area contributed by atoms with Crippen LogP contribution in [0.25, 0.3) is 0 Å². The average molecular weight is 361 g/mol. The zero-order chi connectivity index (χ0) is 18.4. The molecule has 1 aromatic heterocycles. The molecule has 3 N–H and O–H groups in total. The van der Waals surface area contributed by atoms with E-state index in [1.807, 2.05) is 0 Å². The molecule has 0 bridgehead atoms. The van der Waals surface area contributed by atoms with Crippen molar-refractivity contribution in [3.63, 3.8) is 0 Å². The lowest BCUT2D eigenvalue weighted by atomic mass is 9.94. The molecule has 3 heterocycles. The highest BCUT2D eigenvalue weighted by Gasteiger charge is 2.31. The Morgan fingerprint density at radius 3 is 2.96 bits per heavy atom. The van der Waals surface area contributed by atoms with Crippen molar-refractivity contribution < 1.29 is 9.53 Å². The van der Waals surface area contributed by atoms with E-state index in [9.17, 15) is 4.79 Å². The number of piperidine rings is 1. The van der Waals surface area contributed by atoms with E-state index >= 15 is 0 Å².